The molecule has 6 heteroatoms. The molecule has 0 saturated carbocycles. The van der Waals surface area contributed by atoms with E-state index in [1.165, 1.54) is 6.92 Å². The van der Waals surface area contributed by atoms with Gasteiger partial charge < -0.3 is 15.2 Å². The lowest BCUT2D eigenvalue weighted by Crippen LogP contribution is -2.24. The van der Waals surface area contributed by atoms with Gasteiger partial charge in [0.2, 0.25) is 5.91 Å². The number of aromatic nitrogens is 2. The molecule has 0 aliphatic heterocycles. The first-order valence-corrected chi connectivity index (χ1v) is 8.18. The molecule has 2 aromatic carbocycles. The number of hydrogen-bond acceptors (Lipinski definition) is 3. The lowest BCUT2D eigenvalue weighted by atomic mass is 10.2. The molecule has 0 bridgehead atoms. The van der Waals surface area contributed by atoms with Crippen LogP contribution in [0.15, 0.2) is 48.5 Å². The van der Waals surface area contributed by atoms with Crippen LogP contribution in [0.2, 0.25) is 0 Å². The second kappa shape index (κ2) is 7.17. The van der Waals surface area contributed by atoms with Gasteiger partial charge in [-0.05, 0) is 43.3 Å². The van der Waals surface area contributed by atoms with Crippen LogP contribution in [0.3, 0.4) is 0 Å². The second-order valence-electron chi connectivity index (χ2n) is 5.70. The molecule has 1 heterocycles. The summed E-state index contributed by atoms with van der Waals surface area (Å²) in [5.41, 5.74) is 3.19. The topological polar surface area (TPSA) is 76.0 Å². The molecular formula is C19H20N4O2. The van der Waals surface area contributed by atoms with E-state index in [0.717, 1.165) is 23.4 Å². The van der Waals surface area contributed by atoms with Gasteiger partial charge in [0, 0.05) is 24.7 Å². The number of benzene rings is 2. The number of imidazole rings is 1. The predicted octanol–water partition coefficient (Wildman–Crippen LogP) is 2.94. The number of nitrogens with one attached hydrogen (secondary N) is 2. The Labute approximate surface area is 145 Å². The highest BCUT2D eigenvalue weighted by Gasteiger charge is 2.11. The van der Waals surface area contributed by atoms with Crippen LogP contribution < -0.4 is 10.6 Å². The van der Waals surface area contributed by atoms with Crippen molar-refractivity contribution in [2.75, 3.05) is 5.32 Å². The SMILES string of the molecule is CCn1c(CNC(=O)c2ccc(NC(C)=O)cc2)nc2ccccc21. The molecule has 128 valence electrons. The van der Waals surface area contributed by atoms with E-state index >= 15 is 0 Å². The molecule has 0 radical (unpaired) electrons. The minimum atomic E-state index is -0.177. The zero-order chi connectivity index (χ0) is 17.8. The van der Waals surface area contributed by atoms with E-state index in [1.807, 2.05) is 24.3 Å². The van der Waals surface area contributed by atoms with Crippen LogP contribution in [0.5, 0.6) is 0 Å². The molecule has 3 rings (SSSR count). The highest BCUT2D eigenvalue weighted by atomic mass is 16.2. The van der Waals surface area contributed by atoms with Crippen molar-refractivity contribution < 1.29 is 9.59 Å². The van der Waals surface area contributed by atoms with E-state index in [0.29, 0.717) is 17.8 Å². The summed E-state index contributed by atoms with van der Waals surface area (Å²) in [6.45, 7) is 4.65. The van der Waals surface area contributed by atoms with Crippen molar-refractivity contribution in [3.8, 4) is 0 Å². The first-order chi connectivity index (χ1) is 12.1. The molecule has 3 aromatic rings. The third kappa shape index (κ3) is 3.68. The number of fused-ring (bicyclic) bond motifs is 1. The van der Waals surface area contributed by atoms with Crippen molar-refractivity contribution in [1.29, 1.82) is 0 Å². The Morgan fingerprint density at radius 2 is 1.80 bits per heavy atom. The number of amides is 2. The summed E-state index contributed by atoms with van der Waals surface area (Å²) in [5, 5.41) is 5.58. The van der Waals surface area contributed by atoms with E-state index in [4.69, 9.17) is 0 Å². The summed E-state index contributed by atoms with van der Waals surface area (Å²) in [7, 11) is 0. The Bertz CT molecular complexity index is 913. The number of para-hydroxylation sites is 2. The quantitative estimate of drug-likeness (QED) is 0.752. The van der Waals surface area contributed by atoms with Crippen LogP contribution in [-0.4, -0.2) is 21.4 Å². The number of rotatable bonds is 5. The normalized spacial score (nSPS) is 10.6. The molecule has 0 fully saturated rings. The second-order valence-corrected chi connectivity index (χ2v) is 5.70. The third-order valence-corrected chi connectivity index (χ3v) is 3.92. The first kappa shape index (κ1) is 16.7. The van der Waals surface area contributed by atoms with Crippen LogP contribution in [0.4, 0.5) is 5.69 Å². The van der Waals surface area contributed by atoms with E-state index in [-0.39, 0.29) is 11.8 Å². The number of aryl methyl sites for hydroxylation is 1. The van der Waals surface area contributed by atoms with Gasteiger partial charge in [-0.3, -0.25) is 9.59 Å². The number of carbonyl (C=O) groups is 2. The van der Waals surface area contributed by atoms with Gasteiger partial charge in [0.25, 0.3) is 5.91 Å². The molecule has 0 saturated heterocycles. The van der Waals surface area contributed by atoms with Crippen molar-refractivity contribution in [2.24, 2.45) is 0 Å². The first-order valence-electron chi connectivity index (χ1n) is 8.18. The molecule has 0 unspecified atom stereocenters. The maximum absolute atomic E-state index is 12.3. The summed E-state index contributed by atoms with van der Waals surface area (Å²) in [6, 6.07) is 14.7. The minimum Gasteiger partial charge on any atom is -0.345 e. The van der Waals surface area contributed by atoms with Crippen molar-refractivity contribution in [3.63, 3.8) is 0 Å². The average molecular weight is 336 g/mol. The lowest BCUT2D eigenvalue weighted by Gasteiger charge is -2.08. The van der Waals surface area contributed by atoms with Gasteiger partial charge in [0.1, 0.15) is 5.82 Å². The van der Waals surface area contributed by atoms with Crippen molar-refractivity contribution in [3.05, 3.63) is 59.9 Å². The molecule has 25 heavy (non-hydrogen) atoms. The molecule has 0 atom stereocenters. The van der Waals surface area contributed by atoms with Gasteiger partial charge in [0.05, 0.1) is 17.6 Å². The molecule has 2 N–H and O–H groups in total. The van der Waals surface area contributed by atoms with Crippen molar-refractivity contribution in [1.82, 2.24) is 14.9 Å². The minimum absolute atomic E-state index is 0.143. The third-order valence-electron chi connectivity index (χ3n) is 3.92. The summed E-state index contributed by atoms with van der Waals surface area (Å²) in [4.78, 5) is 28.0. The van der Waals surface area contributed by atoms with E-state index in [1.54, 1.807) is 24.3 Å². The van der Waals surface area contributed by atoms with E-state index in [2.05, 4.69) is 27.1 Å². The summed E-state index contributed by atoms with van der Waals surface area (Å²) < 4.78 is 2.09. The highest BCUT2D eigenvalue weighted by molar-refractivity contribution is 5.95. The van der Waals surface area contributed by atoms with Crippen molar-refractivity contribution in [2.45, 2.75) is 26.9 Å². The maximum Gasteiger partial charge on any atom is 0.251 e. The summed E-state index contributed by atoms with van der Waals surface area (Å²) in [6.07, 6.45) is 0. The zero-order valence-electron chi connectivity index (χ0n) is 14.2. The van der Waals surface area contributed by atoms with E-state index < -0.39 is 0 Å². The average Bonchev–Trinajstić information content (AvgIpc) is 2.97. The molecule has 0 aliphatic carbocycles. The number of carbonyl (C=O) groups excluding carboxylic acids is 2. The van der Waals surface area contributed by atoms with Crippen LogP contribution >= 0.6 is 0 Å². The Morgan fingerprint density at radius 3 is 2.48 bits per heavy atom. The van der Waals surface area contributed by atoms with Crippen LogP contribution in [0.25, 0.3) is 11.0 Å². The Balaban J connectivity index is 1.71. The van der Waals surface area contributed by atoms with Crippen LogP contribution in [-0.2, 0) is 17.9 Å². The maximum atomic E-state index is 12.3. The van der Waals surface area contributed by atoms with Gasteiger partial charge in [-0.25, -0.2) is 4.98 Å². The van der Waals surface area contributed by atoms with Crippen molar-refractivity contribution >= 4 is 28.5 Å². The Hall–Kier alpha value is -3.15. The fraction of sp³-hybridized carbons (Fsp3) is 0.211. The number of nitrogens with zero attached hydrogens (tertiary/aromatic N) is 2. The molecule has 6 nitrogen and oxygen atoms in total. The molecule has 2 amide bonds. The fourth-order valence-electron chi connectivity index (χ4n) is 2.78. The molecule has 0 spiro atoms. The number of anilines is 1. The van der Waals surface area contributed by atoms with Crippen LogP contribution in [0, 0.1) is 0 Å². The highest BCUT2D eigenvalue weighted by Crippen LogP contribution is 2.16. The van der Waals surface area contributed by atoms with Gasteiger partial charge in [-0.15, -0.1) is 0 Å². The molecule has 1 aromatic heterocycles. The number of hydrogen-bond donors (Lipinski definition) is 2. The monoisotopic (exact) mass is 336 g/mol. The summed E-state index contributed by atoms with van der Waals surface area (Å²) in [5.74, 6) is 0.506. The lowest BCUT2D eigenvalue weighted by molar-refractivity contribution is -0.114. The summed E-state index contributed by atoms with van der Waals surface area (Å²) >= 11 is 0. The fourth-order valence-corrected chi connectivity index (χ4v) is 2.78. The predicted molar refractivity (Wildman–Crippen MR) is 97.3 cm³/mol. The van der Waals surface area contributed by atoms with Gasteiger partial charge in [-0.1, -0.05) is 12.1 Å². The van der Waals surface area contributed by atoms with Crippen LogP contribution in [0.1, 0.15) is 30.0 Å². The van der Waals surface area contributed by atoms with E-state index in [9.17, 15) is 9.59 Å². The smallest absolute Gasteiger partial charge is 0.251 e. The van der Waals surface area contributed by atoms with Gasteiger partial charge in [-0.2, -0.15) is 0 Å². The van der Waals surface area contributed by atoms with Gasteiger partial charge in [0.15, 0.2) is 0 Å². The Morgan fingerprint density at radius 1 is 1.08 bits per heavy atom. The largest absolute Gasteiger partial charge is 0.345 e. The zero-order valence-corrected chi connectivity index (χ0v) is 14.2. The standard InChI is InChI=1S/C19H20N4O2/c1-3-23-17-7-5-4-6-16(17)22-18(23)12-20-19(25)14-8-10-15(11-9-14)21-13(2)24/h4-11H,3,12H2,1-2H3,(H,20,25)(H,21,24). The molecule has 0 aliphatic rings. The Kier molecular flexibility index (Phi) is 4.79. The van der Waals surface area contributed by atoms with Gasteiger partial charge >= 0.3 is 0 Å². The molecular weight excluding hydrogens is 316 g/mol.